The van der Waals surface area contributed by atoms with E-state index in [1.807, 2.05) is 5.01 Å². The molecule has 14 heavy (non-hydrogen) atoms. The molecule has 0 radical (unpaired) electrons. The summed E-state index contributed by atoms with van der Waals surface area (Å²) >= 11 is 0. The molecule has 1 fully saturated rings. The molecule has 0 aliphatic carbocycles. The van der Waals surface area contributed by atoms with Gasteiger partial charge < -0.3 is 5.32 Å². The fourth-order valence-electron chi connectivity index (χ4n) is 1.33. The SMILES string of the molecule is C=CCC(F)(F)CNN1CCNCC1. The summed E-state index contributed by atoms with van der Waals surface area (Å²) in [5.74, 6) is -2.69. The van der Waals surface area contributed by atoms with Gasteiger partial charge >= 0.3 is 0 Å². The third kappa shape index (κ3) is 4.13. The lowest BCUT2D eigenvalue weighted by Crippen LogP contribution is -2.52. The highest BCUT2D eigenvalue weighted by Crippen LogP contribution is 2.17. The number of hydrogen-bond acceptors (Lipinski definition) is 3. The molecule has 1 saturated heterocycles. The first-order valence-corrected chi connectivity index (χ1v) is 4.82. The Morgan fingerprint density at radius 3 is 2.64 bits per heavy atom. The van der Waals surface area contributed by atoms with E-state index in [-0.39, 0.29) is 13.0 Å². The zero-order valence-electron chi connectivity index (χ0n) is 8.23. The van der Waals surface area contributed by atoms with Crippen LogP contribution in [0.4, 0.5) is 8.78 Å². The summed E-state index contributed by atoms with van der Waals surface area (Å²) in [4.78, 5) is 0. The predicted octanol–water partition coefficient (Wildman–Crippen LogP) is 0.608. The minimum atomic E-state index is -2.69. The van der Waals surface area contributed by atoms with Gasteiger partial charge in [0.2, 0.25) is 0 Å². The zero-order valence-corrected chi connectivity index (χ0v) is 8.23. The third-order valence-electron chi connectivity index (χ3n) is 2.12. The van der Waals surface area contributed by atoms with Crippen molar-refractivity contribution >= 4 is 0 Å². The van der Waals surface area contributed by atoms with Crippen molar-refractivity contribution in [3.05, 3.63) is 12.7 Å². The largest absolute Gasteiger partial charge is 0.314 e. The minimum absolute atomic E-state index is 0.272. The molecule has 2 N–H and O–H groups in total. The van der Waals surface area contributed by atoms with Crippen molar-refractivity contribution in [2.75, 3.05) is 32.7 Å². The van der Waals surface area contributed by atoms with Crippen LogP contribution in [0, 0.1) is 0 Å². The second kappa shape index (κ2) is 5.38. The highest BCUT2D eigenvalue weighted by molar-refractivity contribution is 4.80. The molecule has 1 aliphatic heterocycles. The molecule has 3 nitrogen and oxygen atoms in total. The molecule has 0 aromatic heterocycles. The summed E-state index contributed by atoms with van der Waals surface area (Å²) < 4.78 is 26.0. The Morgan fingerprint density at radius 2 is 2.07 bits per heavy atom. The quantitative estimate of drug-likeness (QED) is 0.644. The van der Waals surface area contributed by atoms with Crippen LogP contribution < -0.4 is 10.7 Å². The molecule has 1 heterocycles. The number of hydrogen-bond donors (Lipinski definition) is 2. The number of halogens is 2. The molecule has 0 unspecified atom stereocenters. The highest BCUT2D eigenvalue weighted by atomic mass is 19.3. The Balaban J connectivity index is 2.20. The number of alkyl halides is 2. The summed E-state index contributed by atoms with van der Waals surface area (Å²) in [6.45, 7) is 6.23. The van der Waals surface area contributed by atoms with Crippen molar-refractivity contribution in [1.82, 2.24) is 15.8 Å². The standard InChI is InChI=1S/C9H17F2N3/c1-2-3-9(10,11)8-13-14-6-4-12-5-7-14/h2,12-13H,1,3-8H2. The van der Waals surface area contributed by atoms with Gasteiger partial charge in [-0.25, -0.2) is 19.2 Å². The number of allylic oxidation sites excluding steroid dienone is 1. The van der Waals surface area contributed by atoms with Gasteiger partial charge in [-0.15, -0.1) is 6.58 Å². The van der Waals surface area contributed by atoms with Gasteiger partial charge in [-0.3, -0.25) is 0 Å². The van der Waals surface area contributed by atoms with E-state index in [2.05, 4.69) is 17.3 Å². The van der Waals surface area contributed by atoms with E-state index in [0.29, 0.717) is 0 Å². The van der Waals surface area contributed by atoms with E-state index in [0.717, 1.165) is 26.2 Å². The number of hydrazine groups is 1. The summed E-state index contributed by atoms with van der Waals surface area (Å²) in [6.07, 6.45) is 0.978. The summed E-state index contributed by atoms with van der Waals surface area (Å²) in [5, 5.41) is 4.98. The molecule has 0 amide bonds. The third-order valence-corrected chi connectivity index (χ3v) is 2.12. The lowest BCUT2D eigenvalue weighted by Gasteiger charge is -2.29. The first-order chi connectivity index (χ1) is 6.64. The van der Waals surface area contributed by atoms with E-state index in [1.165, 1.54) is 6.08 Å². The molecule has 0 aromatic carbocycles. The molecule has 82 valence electrons. The van der Waals surface area contributed by atoms with Gasteiger partial charge in [0.25, 0.3) is 5.92 Å². The van der Waals surface area contributed by atoms with Crippen molar-refractivity contribution in [1.29, 1.82) is 0 Å². The lowest BCUT2D eigenvalue weighted by atomic mass is 10.2. The van der Waals surface area contributed by atoms with Crippen LogP contribution in [0.15, 0.2) is 12.7 Å². The fourth-order valence-corrected chi connectivity index (χ4v) is 1.33. The number of nitrogens with zero attached hydrogens (tertiary/aromatic N) is 1. The summed E-state index contributed by atoms with van der Waals surface area (Å²) in [5.41, 5.74) is 2.74. The van der Waals surface area contributed by atoms with Gasteiger partial charge in [0, 0.05) is 32.6 Å². The summed E-state index contributed by atoms with van der Waals surface area (Å²) in [7, 11) is 0. The first kappa shape index (κ1) is 11.6. The Hall–Kier alpha value is -0.520. The molecule has 0 saturated carbocycles. The Bertz CT molecular complexity index is 179. The van der Waals surface area contributed by atoms with Gasteiger partial charge in [0.15, 0.2) is 0 Å². The highest BCUT2D eigenvalue weighted by Gasteiger charge is 2.27. The van der Waals surface area contributed by atoms with E-state index in [4.69, 9.17) is 0 Å². The van der Waals surface area contributed by atoms with E-state index in [1.54, 1.807) is 0 Å². The number of nitrogens with one attached hydrogen (secondary N) is 2. The Kier molecular flexibility index (Phi) is 4.44. The molecule has 0 spiro atoms. The Labute approximate surface area is 83.1 Å². The topological polar surface area (TPSA) is 27.3 Å². The van der Waals surface area contributed by atoms with Gasteiger partial charge in [0.05, 0.1) is 6.54 Å². The van der Waals surface area contributed by atoms with Crippen LogP contribution in [-0.2, 0) is 0 Å². The van der Waals surface area contributed by atoms with Crippen molar-refractivity contribution in [2.24, 2.45) is 0 Å². The number of piperazine rings is 1. The number of rotatable bonds is 5. The molecule has 0 atom stereocenters. The molecular weight excluding hydrogens is 188 g/mol. The van der Waals surface area contributed by atoms with Gasteiger partial charge in [-0.05, 0) is 0 Å². The first-order valence-electron chi connectivity index (χ1n) is 4.82. The van der Waals surface area contributed by atoms with E-state index < -0.39 is 5.92 Å². The lowest BCUT2D eigenvalue weighted by molar-refractivity contribution is -0.0171. The van der Waals surface area contributed by atoms with E-state index in [9.17, 15) is 8.78 Å². The maximum atomic E-state index is 13.0. The smallest absolute Gasteiger partial charge is 0.265 e. The second-order valence-electron chi connectivity index (χ2n) is 3.42. The van der Waals surface area contributed by atoms with Gasteiger partial charge in [-0.1, -0.05) is 6.08 Å². The van der Waals surface area contributed by atoms with Crippen molar-refractivity contribution < 1.29 is 8.78 Å². The average Bonchev–Trinajstić information content (AvgIpc) is 2.17. The van der Waals surface area contributed by atoms with Gasteiger partial charge in [0.1, 0.15) is 0 Å². The van der Waals surface area contributed by atoms with Gasteiger partial charge in [-0.2, -0.15) is 0 Å². The second-order valence-corrected chi connectivity index (χ2v) is 3.42. The predicted molar refractivity (Wildman–Crippen MR) is 52.2 cm³/mol. The minimum Gasteiger partial charge on any atom is -0.314 e. The maximum Gasteiger partial charge on any atom is 0.265 e. The van der Waals surface area contributed by atoms with Crippen LogP contribution in [0.5, 0.6) is 0 Å². The van der Waals surface area contributed by atoms with E-state index >= 15 is 0 Å². The van der Waals surface area contributed by atoms with Crippen LogP contribution >= 0.6 is 0 Å². The van der Waals surface area contributed by atoms with Crippen molar-refractivity contribution in [3.8, 4) is 0 Å². The molecule has 1 rings (SSSR count). The molecule has 0 bridgehead atoms. The monoisotopic (exact) mass is 205 g/mol. The van der Waals surface area contributed by atoms with Crippen LogP contribution in [0.25, 0.3) is 0 Å². The molecule has 5 heteroatoms. The van der Waals surface area contributed by atoms with Crippen molar-refractivity contribution in [2.45, 2.75) is 12.3 Å². The van der Waals surface area contributed by atoms with Crippen LogP contribution in [-0.4, -0.2) is 43.7 Å². The van der Waals surface area contributed by atoms with Crippen LogP contribution in [0.2, 0.25) is 0 Å². The fraction of sp³-hybridized carbons (Fsp3) is 0.778. The van der Waals surface area contributed by atoms with Crippen molar-refractivity contribution in [3.63, 3.8) is 0 Å². The maximum absolute atomic E-state index is 13.0. The molecular formula is C9H17F2N3. The normalized spacial score (nSPS) is 19.6. The molecule has 0 aromatic rings. The summed E-state index contributed by atoms with van der Waals surface area (Å²) in [6, 6.07) is 0. The molecule has 1 aliphatic rings. The average molecular weight is 205 g/mol. The zero-order chi connectivity index (χ0) is 10.4. The van der Waals surface area contributed by atoms with Crippen LogP contribution in [0.1, 0.15) is 6.42 Å². The Morgan fingerprint density at radius 1 is 1.43 bits per heavy atom. The van der Waals surface area contributed by atoms with Crippen LogP contribution in [0.3, 0.4) is 0 Å².